The summed E-state index contributed by atoms with van der Waals surface area (Å²) in [5, 5.41) is 27.5. The fourth-order valence-corrected chi connectivity index (χ4v) is 1.36. The van der Waals surface area contributed by atoms with Crippen molar-refractivity contribution in [2.45, 2.75) is 0 Å². The number of carboxylic acids is 1. The summed E-state index contributed by atoms with van der Waals surface area (Å²) in [6.45, 7) is 0. The van der Waals surface area contributed by atoms with E-state index in [1.807, 2.05) is 0 Å². The summed E-state index contributed by atoms with van der Waals surface area (Å²) in [6.07, 6.45) is 1.27. The van der Waals surface area contributed by atoms with Crippen molar-refractivity contribution < 1.29 is 20.1 Å². The van der Waals surface area contributed by atoms with Crippen LogP contribution in [0.25, 0.3) is 10.9 Å². The molecule has 14 heavy (non-hydrogen) atoms. The molecule has 0 radical (unpaired) electrons. The number of carboxylic acid groups (broad SMARTS) is 1. The van der Waals surface area contributed by atoms with E-state index in [1.54, 1.807) is 0 Å². The highest BCUT2D eigenvalue weighted by molar-refractivity contribution is 6.06. The van der Waals surface area contributed by atoms with Crippen LogP contribution in [0.15, 0.2) is 18.3 Å². The Balaban J connectivity index is 2.89. The summed E-state index contributed by atoms with van der Waals surface area (Å²) in [5.74, 6) is -1.90. The van der Waals surface area contributed by atoms with Gasteiger partial charge in [-0.25, -0.2) is 4.79 Å². The first-order valence-electron chi connectivity index (χ1n) is 3.86. The Morgan fingerprint density at radius 2 is 2.00 bits per heavy atom. The Morgan fingerprint density at radius 1 is 1.29 bits per heavy atom. The summed E-state index contributed by atoms with van der Waals surface area (Å²) in [5.41, 5.74) is 0.408. The number of rotatable bonds is 1. The molecule has 0 bridgehead atoms. The molecule has 1 aromatic carbocycles. The fraction of sp³-hybridized carbons (Fsp3) is 0. The van der Waals surface area contributed by atoms with Gasteiger partial charge in [0.2, 0.25) is 0 Å². The molecular weight excluding hydrogens is 186 g/mol. The minimum absolute atomic E-state index is 0.0617. The van der Waals surface area contributed by atoms with E-state index in [1.165, 1.54) is 18.3 Å². The molecule has 0 aliphatic rings. The van der Waals surface area contributed by atoms with Crippen molar-refractivity contribution in [2.75, 3.05) is 0 Å². The van der Waals surface area contributed by atoms with Gasteiger partial charge in [0.05, 0.1) is 16.5 Å². The maximum Gasteiger partial charge on any atom is 0.338 e. The standard InChI is InChI=1S/C9H7NO4/c11-6-2-1-5-7(8(6)12)4(3-10-5)9(13)14/h1-3,10-12H,(H,13,14). The zero-order valence-corrected chi connectivity index (χ0v) is 6.98. The smallest absolute Gasteiger partial charge is 0.338 e. The zero-order valence-electron chi connectivity index (χ0n) is 6.98. The van der Waals surface area contributed by atoms with Crippen LogP contribution in [0.5, 0.6) is 11.5 Å². The van der Waals surface area contributed by atoms with E-state index in [0.29, 0.717) is 5.52 Å². The fourth-order valence-electron chi connectivity index (χ4n) is 1.36. The molecule has 5 heteroatoms. The van der Waals surface area contributed by atoms with Crippen molar-refractivity contribution in [1.82, 2.24) is 4.98 Å². The van der Waals surface area contributed by atoms with Gasteiger partial charge < -0.3 is 20.3 Å². The monoisotopic (exact) mass is 193 g/mol. The van der Waals surface area contributed by atoms with Gasteiger partial charge in [0.1, 0.15) is 0 Å². The largest absolute Gasteiger partial charge is 0.504 e. The molecule has 0 unspecified atom stereocenters. The van der Waals surface area contributed by atoms with Gasteiger partial charge in [-0.05, 0) is 12.1 Å². The van der Waals surface area contributed by atoms with Gasteiger partial charge in [-0.1, -0.05) is 0 Å². The molecular formula is C9H7NO4. The van der Waals surface area contributed by atoms with Crippen molar-refractivity contribution in [2.24, 2.45) is 0 Å². The molecule has 2 aromatic rings. The van der Waals surface area contributed by atoms with E-state index in [4.69, 9.17) is 5.11 Å². The summed E-state index contributed by atoms with van der Waals surface area (Å²) in [4.78, 5) is 13.4. The SMILES string of the molecule is O=C(O)c1c[nH]c2ccc(O)c(O)c12. The molecule has 1 heterocycles. The van der Waals surface area contributed by atoms with Crippen LogP contribution in [0, 0.1) is 0 Å². The number of phenolic OH excluding ortho intramolecular Hbond substituents is 2. The Labute approximate surface area is 78.2 Å². The van der Waals surface area contributed by atoms with E-state index in [9.17, 15) is 15.0 Å². The number of aromatic carboxylic acids is 1. The Bertz CT molecular complexity index is 515. The maximum absolute atomic E-state index is 10.7. The number of aromatic hydroxyl groups is 2. The van der Waals surface area contributed by atoms with E-state index < -0.39 is 11.7 Å². The summed E-state index contributed by atoms with van der Waals surface area (Å²) in [6, 6.07) is 2.79. The number of hydrogen-bond acceptors (Lipinski definition) is 3. The number of carbonyl (C=O) groups is 1. The average Bonchev–Trinajstić information content (AvgIpc) is 2.55. The van der Waals surface area contributed by atoms with Crippen LogP contribution in [0.2, 0.25) is 0 Å². The Kier molecular flexibility index (Phi) is 1.60. The first-order chi connectivity index (χ1) is 6.61. The Morgan fingerprint density at radius 3 is 2.64 bits per heavy atom. The average molecular weight is 193 g/mol. The van der Waals surface area contributed by atoms with Gasteiger partial charge in [-0.15, -0.1) is 0 Å². The molecule has 4 N–H and O–H groups in total. The van der Waals surface area contributed by atoms with Crippen LogP contribution < -0.4 is 0 Å². The van der Waals surface area contributed by atoms with Crippen LogP contribution >= 0.6 is 0 Å². The molecule has 1 aromatic heterocycles. The third kappa shape index (κ3) is 0.990. The maximum atomic E-state index is 10.7. The number of H-pyrrole nitrogens is 1. The lowest BCUT2D eigenvalue weighted by atomic mass is 10.1. The number of phenols is 2. The van der Waals surface area contributed by atoms with Crippen molar-refractivity contribution in [1.29, 1.82) is 0 Å². The lowest BCUT2D eigenvalue weighted by molar-refractivity contribution is 0.0699. The lowest BCUT2D eigenvalue weighted by Gasteiger charge is -1.99. The number of benzene rings is 1. The normalized spacial score (nSPS) is 10.6. The Hall–Kier alpha value is -2.17. The quantitative estimate of drug-likeness (QED) is 0.513. The van der Waals surface area contributed by atoms with Crippen LogP contribution in [-0.4, -0.2) is 26.3 Å². The molecule has 0 atom stereocenters. The number of fused-ring (bicyclic) bond motifs is 1. The molecule has 5 nitrogen and oxygen atoms in total. The molecule has 72 valence electrons. The number of hydrogen-bond donors (Lipinski definition) is 4. The number of aromatic nitrogens is 1. The van der Waals surface area contributed by atoms with Gasteiger partial charge in [0.25, 0.3) is 0 Å². The third-order valence-corrected chi connectivity index (χ3v) is 2.03. The van der Waals surface area contributed by atoms with Gasteiger partial charge in [0, 0.05) is 6.20 Å². The highest BCUT2D eigenvalue weighted by Crippen LogP contribution is 2.35. The molecule has 0 spiro atoms. The third-order valence-electron chi connectivity index (χ3n) is 2.03. The van der Waals surface area contributed by atoms with Crippen molar-refractivity contribution >= 4 is 16.9 Å². The van der Waals surface area contributed by atoms with Gasteiger partial charge in [0.15, 0.2) is 11.5 Å². The molecule has 0 fully saturated rings. The molecule has 0 saturated heterocycles. The first-order valence-corrected chi connectivity index (χ1v) is 3.86. The zero-order chi connectivity index (χ0) is 10.3. The van der Waals surface area contributed by atoms with E-state index >= 15 is 0 Å². The second-order valence-corrected chi connectivity index (χ2v) is 2.86. The molecule has 2 rings (SSSR count). The predicted octanol–water partition coefficient (Wildman–Crippen LogP) is 1.28. The van der Waals surface area contributed by atoms with Crippen LogP contribution in [0.3, 0.4) is 0 Å². The highest BCUT2D eigenvalue weighted by Gasteiger charge is 2.15. The highest BCUT2D eigenvalue weighted by atomic mass is 16.4. The minimum Gasteiger partial charge on any atom is -0.504 e. The van der Waals surface area contributed by atoms with Crippen molar-refractivity contribution in [3.05, 3.63) is 23.9 Å². The molecule has 0 aliphatic heterocycles. The van der Waals surface area contributed by atoms with Gasteiger partial charge in [-0.3, -0.25) is 0 Å². The summed E-state index contributed by atoms with van der Waals surface area (Å²) >= 11 is 0. The summed E-state index contributed by atoms with van der Waals surface area (Å²) in [7, 11) is 0. The molecule has 0 saturated carbocycles. The molecule has 0 amide bonds. The number of nitrogens with one attached hydrogen (secondary N) is 1. The predicted molar refractivity (Wildman–Crippen MR) is 48.6 cm³/mol. The second kappa shape index (κ2) is 2.66. The van der Waals surface area contributed by atoms with Crippen LogP contribution in [0.4, 0.5) is 0 Å². The van der Waals surface area contributed by atoms with Crippen molar-refractivity contribution in [3.8, 4) is 11.5 Å². The molecule has 0 aliphatic carbocycles. The van der Waals surface area contributed by atoms with Crippen LogP contribution in [0.1, 0.15) is 10.4 Å². The summed E-state index contributed by atoms with van der Waals surface area (Å²) < 4.78 is 0. The van der Waals surface area contributed by atoms with Gasteiger partial charge in [-0.2, -0.15) is 0 Å². The first kappa shape index (κ1) is 8.43. The lowest BCUT2D eigenvalue weighted by Crippen LogP contribution is -1.93. The van der Waals surface area contributed by atoms with E-state index in [2.05, 4.69) is 4.98 Å². The van der Waals surface area contributed by atoms with E-state index in [0.717, 1.165) is 0 Å². The van der Waals surface area contributed by atoms with Crippen molar-refractivity contribution in [3.63, 3.8) is 0 Å². The van der Waals surface area contributed by atoms with Gasteiger partial charge >= 0.3 is 5.97 Å². The van der Waals surface area contributed by atoms with E-state index in [-0.39, 0.29) is 16.7 Å². The minimum atomic E-state index is -1.16. The topological polar surface area (TPSA) is 93.5 Å². The van der Waals surface area contributed by atoms with Crippen LogP contribution in [-0.2, 0) is 0 Å². The second-order valence-electron chi connectivity index (χ2n) is 2.86. The number of aromatic amines is 1.